The van der Waals surface area contributed by atoms with Gasteiger partial charge in [0.05, 0.1) is 22.3 Å². The van der Waals surface area contributed by atoms with Crippen molar-refractivity contribution in [3.8, 4) is 0 Å². The Hall–Kier alpha value is -4.06. The van der Waals surface area contributed by atoms with Gasteiger partial charge in [-0.1, -0.05) is 30.3 Å². The zero-order valence-electron chi connectivity index (χ0n) is 16.6. The van der Waals surface area contributed by atoms with Crippen molar-refractivity contribution in [2.24, 2.45) is 0 Å². The van der Waals surface area contributed by atoms with Gasteiger partial charge < -0.3 is 10.6 Å². The third kappa shape index (κ3) is 3.89. The lowest BCUT2D eigenvalue weighted by atomic mass is 10.1. The first-order valence-corrected chi connectivity index (χ1v) is 9.50. The molecule has 0 unspecified atom stereocenters. The summed E-state index contributed by atoms with van der Waals surface area (Å²) in [7, 11) is 0. The summed E-state index contributed by atoms with van der Waals surface area (Å²) < 4.78 is 0. The number of benzene rings is 2. The fraction of sp³-hybridized carbons (Fsp3) is 0.0833. The Morgan fingerprint density at radius 1 is 0.800 bits per heavy atom. The van der Waals surface area contributed by atoms with Crippen LogP contribution in [0.15, 0.2) is 73.2 Å². The lowest BCUT2D eigenvalue weighted by Gasteiger charge is -2.11. The van der Waals surface area contributed by atoms with Gasteiger partial charge in [-0.3, -0.25) is 19.6 Å². The molecule has 148 valence electrons. The lowest BCUT2D eigenvalue weighted by Crippen LogP contribution is -2.17. The SMILES string of the molecule is Cc1cccc(NC(=O)c2cncc(C(=O)Nc3cccc4cccnc34)c2)c1C. The Morgan fingerprint density at radius 2 is 1.43 bits per heavy atom. The topological polar surface area (TPSA) is 84.0 Å². The van der Waals surface area contributed by atoms with Gasteiger partial charge in [0.25, 0.3) is 11.8 Å². The molecule has 2 aromatic carbocycles. The minimum absolute atomic E-state index is 0.288. The fourth-order valence-corrected chi connectivity index (χ4v) is 3.17. The molecule has 0 radical (unpaired) electrons. The monoisotopic (exact) mass is 396 g/mol. The number of nitrogens with zero attached hydrogens (tertiary/aromatic N) is 2. The number of fused-ring (bicyclic) bond motifs is 1. The van der Waals surface area contributed by atoms with Gasteiger partial charge in [0, 0.05) is 29.7 Å². The number of amides is 2. The van der Waals surface area contributed by atoms with Crippen molar-refractivity contribution in [3.63, 3.8) is 0 Å². The van der Waals surface area contributed by atoms with Gasteiger partial charge in [0.1, 0.15) is 0 Å². The summed E-state index contributed by atoms with van der Waals surface area (Å²) in [5, 5.41) is 6.67. The van der Waals surface area contributed by atoms with Crippen molar-refractivity contribution >= 4 is 34.1 Å². The van der Waals surface area contributed by atoms with Crippen LogP contribution >= 0.6 is 0 Å². The third-order valence-corrected chi connectivity index (χ3v) is 5.00. The average Bonchev–Trinajstić information content (AvgIpc) is 2.77. The molecule has 6 heteroatoms. The highest BCUT2D eigenvalue weighted by atomic mass is 16.2. The minimum atomic E-state index is -0.359. The van der Waals surface area contributed by atoms with Gasteiger partial charge in [-0.15, -0.1) is 0 Å². The summed E-state index contributed by atoms with van der Waals surface area (Å²) >= 11 is 0. The van der Waals surface area contributed by atoms with Crippen molar-refractivity contribution in [2.45, 2.75) is 13.8 Å². The number of hydrogen-bond donors (Lipinski definition) is 2. The maximum absolute atomic E-state index is 12.8. The van der Waals surface area contributed by atoms with E-state index in [1.807, 2.05) is 56.3 Å². The van der Waals surface area contributed by atoms with Crippen LogP contribution in [0, 0.1) is 13.8 Å². The van der Waals surface area contributed by atoms with Crippen LogP contribution in [0.1, 0.15) is 31.8 Å². The van der Waals surface area contributed by atoms with E-state index in [4.69, 9.17) is 0 Å². The minimum Gasteiger partial charge on any atom is -0.322 e. The maximum atomic E-state index is 12.8. The summed E-state index contributed by atoms with van der Waals surface area (Å²) in [6.07, 6.45) is 4.55. The largest absolute Gasteiger partial charge is 0.322 e. The number of para-hydroxylation sites is 1. The summed E-state index contributed by atoms with van der Waals surface area (Å²) in [6.45, 7) is 3.94. The smallest absolute Gasteiger partial charge is 0.257 e. The quantitative estimate of drug-likeness (QED) is 0.521. The van der Waals surface area contributed by atoms with Crippen LogP contribution in [0.5, 0.6) is 0 Å². The molecule has 2 N–H and O–H groups in total. The van der Waals surface area contributed by atoms with Crippen molar-refractivity contribution in [1.29, 1.82) is 0 Å². The van der Waals surface area contributed by atoms with Crippen molar-refractivity contribution in [2.75, 3.05) is 10.6 Å². The van der Waals surface area contributed by atoms with Gasteiger partial charge in [-0.05, 0) is 49.2 Å². The second-order valence-corrected chi connectivity index (χ2v) is 7.00. The van der Waals surface area contributed by atoms with Crippen LogP contribution in [0.3, 0.4) is 0 Å². The normalized spacial score (nSPS) is 10.6. The average molecular weight is 396 g/mol. The van der Waals surface area contributed by atoms with Gasteiger partial charge in [0.2, 0.25) is 0 Å². The molecule has 4 rings (SSSR count). The van der Waals surface area contributed by atoms with E-state index in [9.17, 15) is 9.59 Å². The first-order chi connectivity index (χ1) is 14.5. The van der Waals surface area contributed by atoms with Gasteiger partial charge in [-0.2, -0.15) is 0 Å². The Bertz CT molecular complexity index is 1260. The predicted molar refractivity (Wildman–Crippen MR) is 118 cm³/mol. The molecular formula is C24H20N4O2. The van der Waals surface area contributed by atoms with E-state index in [0.717, 1.165) is 22.2 Å². The number of nitrogens with one attached hydrogen (secondary N) is 2. The summed E-state index contributed by atoms with van der Waals surface area (Å²) in [6, 6.07) is 16.6. The predicted octanol–water partition coefficient (Wildman–Crippen LogP) is 4.75. The lowest BCUT2D eigenvalue weighted by molar-refractivity contribution is 0.102. The molecule has 0 fully saturated rings. The molecule has 30 heavy (non-hydrogen) atoms. The molecule has 0 aliphatic rings. The number of hydrogen-bond acceptors (Lipinski definition) is 4. The van der Waals surface area contributed by atoms with Gasteiger partial charge in [-0.25, -0.2) is 0 Å². The summed E-state index contributed by atoms with van der Waals surface area (Å²) in [5.41, 5.74) is 4.71. The Morgan fingerprint density at radius 3 is 2.20 bits per heavy atom. The Balaban J connectivity index is 1.56. The van der Waals surface area contributed by atoms with E-state index < -0.39 is 0 Å². The Kier molecular flexibility index (Phi) is 5.22. The molecule has 0 saturated carbocycles. The van der Waals surface area contributed by atoms with E-state index in [2.05, 4.69) is 20.6 Å². The highest BCUT2D eigenvalue weighted by molar-refractivity contribution is 6.10. The second kappa shape index (κ2) is 8.13. The number of anilines is 2. The molecule has 0 aliphatic heterocycles. The first kappa shape index (κ1) is 19.3. The Labute approximate surface area is 174 Å². The van der Waals surface area contributed by atoms with Crippen LogP contribution in [-0.2, 0) is 0 Å². The molecule has 6 nitrogen and oxygen atoms in total. The van der Waals surface area contributed by atoms with Gasteiger partial charge in [0.15, 0.2) is 0 Å². The van der Waals surface area contributed by atoms with E-state index >= 15 is 0 Å². The number of carbonyl (C=O) groups excluding carboxylic acids is 2. The fourth-order valence-electron chi connectivity index (χ4n) is 3.17. The molecule has 0 bridgehead atoms. The number of carbonyl (C=O) groups is 2. The molecule has 2 amide bonds. The molecule has 0 spiro atoms. The van der Waals surface area contributed by atoms with E-state index in [-0.39, 0.29) is 17.4 Å². The van der Waals surface area contributed by atoms with Gasteiger partial charge >= 0.3 is 0 Å². The highest BCUT2D eigenvalue weighted by Gasteiger charge is 2.14. The maximum Gasteiger partial charge on any atom is 0.257 e. The number of rotatable bonds is 4. The van der Waals surface area contributed by atoms with Crippen LogP contribution in [0.25, 0.3) is 10.9 Å². The highest BCUT2D eigenvalue weighted by Crippen LogP contribution is 2.22. The number of aromatic nitrogens is 2. The molecule has 0 atom stereocenters. The molecule has 0 saturated heterocycles. The van der Waals surface area contributed by atoms with E-state index in [0.29, 0.717) is 16.8 Å². The zero-order valence-corrected chi connectivity index (χ0v) is 16.6. The van der Waals surface area contributed by atoms with E-state index in [1.54, 1.807) is 12.3 Å². The van der Waals surface area contributed by atoms with Crippen LogP contribution in [0.2, 0.25) is 0 Å². The van der Waals surface area contributed by atoms with Crippen LogP contribution < -0.4 is 10.6 Å². The van der Waals surface area contributed by atoms with Crippen LogP contribution in [0.4, 0.5) is 11.4 Å². The van der Waals surface area contributed by atoms with Crippen molar-refractivity contribution in [3.05, 3.63) is 95.4 Å². The first-order valence-electron chi connectivity index (χ1n) is 9.50. The molecular weight excluding hydrogens is 376 g/mol. The number of aryl methyl sites for hydroxylation is 1. The molecule has 0 aliphatic carbocycles. The standard InChI is InChI=1S/C24H20N4O2/c1-15-6-3-9-20(16(15)2)27-23(29)18-12-19(14-25-13-18)24(30)28-21-10-4-7-17-8-5-11-26-22(17)21/h3-14H,1-2H3,(H,27,29)(H,28,30). The molecule has 2 heterocycles. The zero-order chi connectivity index (χ0) is 21.1. The van der Waals surface area contributed by atoms with Crippen LogP contribution in [-0.4, -0.2) is 21.8 Å². The summed E-state index contributed by atoms with van der Waals surface area (Å²) in [4.78, 5) is 33.9. The molecule has 2 aromatic heterocycles. The summed E-state index contributed by atoms with van der Waals surface area (Å²) in [5.74, 6) is -0.681. The third-order valence-electron chi connectivity index (χ3n) is 5.00. The van der Waals surface area contributed by atoms with Crippen molar-refractivity contribution < 1.29 is 9.59 Å². The second-order valence-electron chi connectivity index (χ2n) is 7.00. The number of pyridine rings is 2. The van der Waals surface area contributed by atoms with Crippen molar-refractivity contribution in [1.82, 2.24) is 9.97 Å². The van der Waals surface area contributed by atoms with E-state index in [1.165, 1.54) is 18.5 Å². The molecule has 4 aromatic rings.